The summed E-state index contributed by atoms with van der Waals surface area (Å²) in [5, 5.41) is 5.69. The number of aryl methyl sites for hydroxylation is 1. The van der Waals surface area contributed by atoms with Gasteiger partial charge in [0.25, 0.3) is 5.91 Å². The third-order valence-corrected chi connectivity index (χ3v) is 4.00. The van der Waals surface area contributed by atoms with Crippen molar-refractivity contribution in [2.45, 2.75) is 6.92 Å². The first kappa shape index (κ1) is 12.1. The molecule has 19 heavy (non-hydrogen) atoms. The fourth-order valence-corrected chi connectivity index (χ4v) is 2.89. The number of nitrogens with zero attached hydrogens (tertiary/aromatic N) is 2. The van der Waals surface area contributed by atoms with Crippen LogP contribution in [0.25, 0.3) is 10.8 Å². The summed E-state index contributed by atoms with van der Waals surface area (Å²) < 4.78 is 5.24. The maximum atomic E-state index is 12.0. The number of hydrogen-bond donors (Lipinski definition) is 1. The van der Waals surface area contributed by atoms with Gasteiger partial charge in [-0.15, -0.1) is 22.7 Å². The fraction of sp³-hybridized carbons (Fsp3) is 0.0833. The molecule has 96 valence electrons. The Morgan fingerprint density at radius 2 is 2.37 bits per heavy atom. The lowest BCUT2D eigenvalue weighted by Gasteiger charge is -1.96. The summed E-state index contributed by atoms with van der Waals surface area (Å²) >= 11 is 2.80. The van der Waals surface area contributed by atoms with Crippen molar-refractivity contribution in [1.82, 2.24) is 9.97 Å². The van der Waals surface area contributed by atoms with E-state index in [1.54, 1.807) is 23.9 Å². The standard InChI is InChI=1S/C12H9N3O2S2/c1-7-5-13-12(19-7)15-10(16)8-6-18-11(14-8)9-3-2-4-17-9/h2-6H,1H3,(H,13,15,16). The Bertz CT molecular complexity index is 700. The average Bonchev–Trinajstić information content (AvgIpc) is 3.08. The van der Waals surface area contributed by atoms with Gasteiger partial charge in [-0.25, -0.2) is 9.97 Å². The summed E-state index contributed by atoms with van der Waals surface area (Å²) in [5.74, 6) is 0.401. The topological polar surface area (TPSA) is 68.0 Å². The molecule has 0 aliphatic carbocycles. The van der Waals surface area contributed by atoms with E-state index in [0.717, 1.165) is 4.88 Å². The third kappa shape index (κ3) is 2.56. The number of thiazole rings is 2. The molecule has 0 atom stereocenters. The van der Waals surface area contributed by atoms with Gasteiger partial charge in [-0.1, -0.05) is 0 Å². The van der Waals surface area contributed by atoms with Crippen LogP contribution >= 0.6 is 22.7 Å². The molecule has 0 fully saturated rings. The fourth-order valence-electron chi connectivity index (χ4n) is 1.47. The van der Waals surface area contributed by atoms with Crippen LogP contribution in [-0.2, 0) is 0 Å². The van der Waals surface area contributed by atoms with Crippen LogP contribution in [0, 0.1) is 6.92 Å². The van der Waals surface area contributed by atoms with E-state index in [2.05, 4.69) is 15.3 Å². The minimum Gasteiger partial charge on any atom is -0.462 e. The summed E-state index contributed by atoms with van der Waals surface area (Å²) in [4.78, 5) is 21.3. The van der Waals surface area contributed by atoms with Gasteiger partial charge in [0.1, 0.15) is 5.69 Å². The van der Waals surface area contributed by atoms with Crippen molar-refractivity contribution in [2.24, 2.45) is 0 Å². The molecule has 7 heteroatoms. The van der Waals surface area contributed by atoms with E-state index in [1.165, 1.54) is 22.7 Å². The van der Waals surface area contributed by atoms with Crippen LogP contribution in [0.15, 0.2) is 34.4 Å². The van der Waals surface area contributed by atoms with Crippen LogP contribution in [0.2, 0.25) is 0 Å². The highest BCUT2D eigenvalue weighted by atomic mass is 32.1. The second-order valence-corrected chi connectivity index (χ2v) is 5.84. The second kappa shape index (κ2) is 4.94. The monoisotopic (exact) mass is 291 g/mol. The van der Waals surface area contributed by atoms with E-state index in [0.29, 0.717) is 21.6 Å². The Morgan fingerprint density at radius 1 is 1.47 bits per heavy atom. The summed E-state index contributed by atoms with van der Waals surface area (Å²) in [7, 11) is 0. The molecule has 3 rings (SSSR count). The number of carbonyl (C=O) groups excluding carboxylic acids is 1. The van der Waals surface area contributed by atoms with Crippen molar-refractivity contribution in [3.05, 3.63) is 40.5 Å². The number of nitrogens with one attached hydrogen (secondary N) is 1. The molecular formula is C12H9N3O2S2. The molecular weight excluding hydrogens is 282 g/mol. The van der Waals surface area contributed by atoms with Gasteiger partial charge in [0.05, 0.1) is 6.26 Å². The van der Waals surface area contributed by atoms with E-state index >= 15 is 0 Å². The Balaban J connectivity index is 1.77. The van der Waals surface area contributed by atoms with Gasteiger partial charge in [-0.2, -0.15) is 0 Å². The number of amides is 1. The Labute approximate surface area is 117 Å². The zero-order valence-corrected chi connectivity index (χ0v) is 11.5. The summed E-state index contributed by atoms with van der Waals surface area (Å²) in [6, 6.07) is 3.60. The molecule has 0 saturated carbocycles. The highest BCUT2D eigenvalue weighted by Gasteiger charge is 2.14. The number of anilines is 1. The van der Waals surface area contributed by atoms with Gasteiger partial charge >= 0.3 is 0 Å². The van der Waals surface area contributed by atoms with E-state index < -0.39 is 0 Å². The summed E-state index contributed by atoms with van der Waals surface area (Å²) in [6.45, 7) is 1.94. The Kier molecular flexibility index (Phi) is 3.14. The highest BCUT2D eigenvalue weighted by Crippen LogP contribution is 2.24. The molecule has 0 saturated heterocycles. The first-order valence-electron chi connectivity index (χ1n) is 5.45. The molecule has 0 radical (unpaired) electrons. The molecule has 0 bridgehead atoms. The molecule has 0 aliphatic heterocycles. The predicted molar refractivity (Wildman–Crippen MR) is 74.6 cm³/mol. The lowest BCUT2D eigenvalue weighted by atomic mass is 10.4. The van der Waals surface area contributed by atoms with Crippen LogP contribution in [0.3, 0.4) is 0 Å². The largest absolute Gasteiger partial charge is 0.462 e. The molecule has 3 aromatic rings. The Morgan fingerprint density at radius 3 is 3.05 bits per heavy atom. The summed E-state index contributed by atoms with van der Waals surface area (Å²) in [6.07, 6.45) is 3.30. The molecule has 1 amide bonds. The number of furan rings is 1. The van der Waals surface area contributed by atoms with Gasteiger partial charge in [0, 0.05) is 16.5 Å². The SMILES string of the molecule is Cc1cnc(NC(=O)c2csc(-c3ccco3)n2)s1. The molecule has 5 nitrogen and oxygen atoms in total. The third-order valence-electron chi connectivity index (χ3n) is 2.31. The van der Waals surface area contributed by atoms with Crippen molar-refractivity contribution < 1.29 is 9.21 Å². The van der Waals surface area contributed by atoms with Crippen LogP contribution in [0.5, 0.6) is 0 Å². The van der Waals surface area contributed by atoms with Crippen molar-refractivity contribution in [3.8, 4) is 10.8 Å². The molecule has 0 unspecified atom stereocenters. The van der Waals surface area contributed by atoms with Gasteiger partial charge in [-0.3, -0.25) is 10.1 Å². The Hall–Kier alpha value is -1.99. The number of aromatic nitrogens is 2. The first-order valence-corrected chi connectivity index (χ1v) is 7.15. The smallest absolute Gasteiger partial charge is 0.276 e. The summed E-state index contributed by atoms with van der Waals surface area (Å²) in [5.41, 5.74) is 0.365. The maximum absolute atomic E-state index is 12.0. The van der Waals surface area contributed by atoms with Gasteiger partial charge in [-0.05, 0) is 19.1 Å². The minimum atomic E-state index is -0.261. The molecule has 3 aromatic heterocycles. The van der Waals surface area contributed by atoms with Crippen LogP contribution in [-0.4, -0.2) is 15.9 Å². The zero-order valence-electron chi connectivity index (χ0n) is 9.91. The predicted octanol–water partition coefficient (Wildman–Crippen LogP) is 3.42. The van der Waals surface area contributed by atoms with E-state index in [9.17, 15) is 4.79 Å². The van der Waals surface area contributed by atoms with E-state index in [4.69, 9.17) is 4.42 Å². The van der Waals surface area contributed by atoms with E-state index in [-0.39, 0.29) is 5.91 Å². The highest BCUT2D eigenvalue weighted by molar-refractivity contribution is 7.15. The lowest BCUT2D eigenvalue weighted by Crippen LogP contribution is -2.11. The van der Waals surface area contributed by atoms with Crippen LogP contribution in [0.1, 0.15) is 15.4 Å². The molecule has 0 spiro atoms. The number of hydrogen-bond acceptors (Lipinski definition) is 6. The van der Waals surface area contributed by atoms with E-state index in [1.807, 2.05) is 13.0 Å². The van der Waals surface area contributed by atoms with Crippen molar-refractivity contribution in [3.63, 3.8) is 0 Å². The van der Waals surface area contributed by atoms with Gasteiger partial charge in [0.2, 0.25) is 0 Å². The quantitative estimate of drug-likeness (QED) is 0.803. The normalized spacial score (nSPS) is 10.6. The molecule has 0 aromatic carbocycles. The van der Waals surface area contributed by atoms with Crippen molar-refractivity contribution >= 4 is 33.7 Å². The maximum Gasteiger partial charge on any atom is 0.276 e. The van der Waals surface area contributed by atoms with Gasteiger partial charge in [0.15, 0.2) is 15.9 Å². The first-order chi connectivity index (χ1) is 9.22. The molecule has 3 heterocycles. The van der Waals surface area contributed by atoms with Crippen molar-refractivity contribution in [2.75, 3.05) is 5.32 Å². The second-order valence-electron chi connectivity index (χ2n) is 3.75. The van der Waals surface area contributed by atoms with Gasteiger partial charge < -0.3 is 4.42 Å². The molecule has 1 N–H and O–H groups in total. The molecule has 0 aliphatic rings. The van der Waals surface area contributed by atoms with Crippen molar-refractivity contribution in [1.29, 1.82) is 0 Å². The minimum absolute atomic E-state index is 0.261. The van der Waals surface area contributed by atoms with Crippen LogP contribution < -0.4 is 5.32 Å². The average molecular weight is 291 g/mol. The lowest BCUT2D eigenvalue weighted by molar-refractivity contribution is 0.102. The van der Waals surface area contributed by atoms with Crippen LogP contribution in [0.4, 0.5) is 5.13 Å². The number of rotatable bonds is 3. The zero-order chi connectivity index (χ0) is 13.2. The number of carbonyl (C=O) groups is 1.